The number of nitrogens with zero attached hydrogens (tertiary/aromatic N) is 2. The summed E-state index contributed by atoms with van der Waals surface area (Å²) in [5.41, 5.74) is 8.50. The number of ether oxygens (including phenoxy) is 2. The van der Waals surface area contributed by atoms with Crippen molar-refractivity contribution in [1.29, 1.82) is 0 Å². The molecule has 0 bridgehead atoms. The predicted molar refractivity (Wildman–Crippen MR) is 302 cm³/mol. The van der Waals surface area contributed by atoms with Crippen molar-refractivity contribution >= 4 is 70.7 Å². The molecule has 408 valence electrons. The number of rotatable bonds is 8. The number of hydrogen-bond acceptors (Lipinski definition) is 8. The molecule has 0 spiro atoms. The van der Waals surface area contributed by atoms with E-state index in [1.54, 1.807) is 21.9 Å². The molecule has 76 heavy (non-hydrogen) atoms. The van der Waals surface area contributed by atoms with Crippen molar-refractivity contribution in [2.45, 2.75) is 139 Å². The predicted octanol–water partition coefficient (Wildman–Crippen LogP) is 13.6. The van der Waals surface area contributed by atoms with Crippen LogP contribution in [0.4, 0.5) is 21.0 Å². The van der Waals surface area contributed by atoms with Crippen LogP contribution in [0.15, 0.2) is 125 Å². The van der Waals surface area contributed by atoms with Crippen LogP contribution in [0.5, 0.6) is 0 Å². The van der Waals surface area contributed by atoms with Crippen molar-refractivity contribution in [3.8, 4) is 0 Å². The summed E-state index contributed by atoms with van der Waals surface area (Å²) in [6, 6.07) is 34.4. The van der Waals surface area contributed by atoms with Crippen molar-refractivity contribution in [3.05, 3.63) is 156 Å². The zero-order chi connectivity index (χ0) is 52.4. The number of aryl methyl sites for hydroxylation is 4. The van der Waals surface area contributed by atoms with E-state index in [1.165, 1.54) is 35.1 Å². The summed E-state index contributed by atoms with van der Waals surface area (Å²) in [5, 5.41) is 3.24. The maximum absolute atomic E-state index is 13.5. The van der Waals surface area contributed by atoms with Gasteiger partial charge in [-0.15, -0.1) is 0 Å². The van der Waals surface area contributed by atoms with Gasteiger partial charge in [0.2, 0.25) is 0 Å². The first kappa shape index (κ1) is 58.0. The number of nitrogens with one attached hydrogen (secondary N) is 2. The van der Waals surface area contributed by atoms with Crippen molar-refractivity contribution in [2.75, 3.05) is 35.6 Å². The number of hydrogen-bond donors (Lipinski definition) is 2. The van der Waals surface area contributed by atoms with E-state index in [4.69, 9.17) is 9.47 Å². The summed E-state index contributed by atoms with van der Waals surface area (Å²) in [6.07, 6.45) is 12.5. The maximum atomic E-state index is 13.5. The molecule has 15 heteroatoms. The molecule has 0 radical (unpaired) electrons. The van der Waals surface area contributed by atoms with E-state index in [9.17, 15) is 26.4 Å². The Hall–Kier alpha value is -5.72. The molecule has 2 heterocycles. The molecule has 12 nitrogen and oxygen atoms in total. The Morgan fingerprint density at radius 1 is 0.526 bits per heavy atom. The summed E-state index contributed by atoms with van der Waals surface area (Å²) in [4.78, 5) is 28.9. The number of carbonyl (C=O) groups is 2. The Morgan fingerprint density at radius 2 is 0.974 bits per heavy atom. The van der Waals surface area contributed by atoms with E-state index >= 15 is 0 Å². The number of benzene rings is 6. The number of fused-ring (bicyclic) bond motifs is 4. The number of likely N-dealkylation sites (tertiary alicyclic amines) is 1. The summed E-state index contributed by atoms with van der Waals surface area (Å²) < 4.78 is 70.8. The van der Waals surface area contributed by atoms with Gasteiger partial charge in [-0.2, -0.15) is 0 Å². The van der Waals surface area contributed by atoms with Crippen LogP contribution < -0.4 is 9.44 Å². The van der Waals surface area contributed by atoms with Crippen LogP contribution in [-0.2, 0) is 75.6 Å². The van der Waals surface area contributed by atoms with Crippen LogP contribution in [0.3, 0.4) is 0 Å². The van der Waals surface area contributed by atoms with Crippen LogP contribution in [0.2, 0.25) is 0 Å². The fraction of sp³-hybridized carbons (Fsp3) is 0.393. The number of piperidine rings is 1. The number of amides is 2. The second-order valence-electron chi connectivity index (χ2n) is 22.1. The molecule has 0 aromatic heterocycles. The van der Waals surface area contributed by atoms with Crippen LogP contribution in [0, 0.1) is 7.43 Å². The average molecular weight is 1160 g/mol. The van der Waals surface area contributed by atoms with E-state index in [1.807, 2.05) is 139 Å². The first-order chi connectivity index (χ1) is 35.2. The summed E-state index contributed by atoms with van der Waals surface area (Å²) in [6.45, 7) is 13.4. The van der Waals surface area contributed by atoms with E-state index in [0.717, 1.165) is 84.2 Å². The molecule has 2 aliphatic heterocycles. The fourth-order valence-corrected chi connectivity index (χ4v) is 13.3. The van der Waals surface area contributed by atoms with Gasteiger partial charge in [-0.25, -0.2) is 26.4 Å². The van der Waals surface area contributed by atoms with Gasteiger partial charge in [0.1, 0.15) is 11.2 Å². The third-order valence-electron chi connectivity index (χ3n) is 14.4. The Morgan fingerprint density at radius 3 is 1.46 bits per heavy atom. The van der Waals surface area contributed by atoms with E-state index in [-0.39, 0.29) is 55.7 Å². The third kappa shape index (κ3) is 13.7. The Bertz CT molecular complexity index is 3360. The second kappa shape index (κ2) is 23.9. The minimum absolute atomic E-state index is 0. The summed E-state index contributed by atoms with van der Waals surface area (Å²) in [5.74, 6) is 0.244. The Kier molecular flexibility index (Phi) is 18.2. The zero-order valence-electron chi connectivity index (χ0n) is 44.9. The van der Waals surface area contributed by atoms with Crippen molar-refractivity contribution < 1.29 is 56.3 Å². The van der Waals surface area contributed by atoms with E-state index in [2.05, 4.69) is 15.5 Å². The zero-order valence-corrected chi connectivity index (χ0v) is 48.1. The normalized spacial score (nSPS) is 16.1. The third-order valence-corrected chi connectivity index (χ3v) is 17.3. The van der Waals surface area contributed by atoms with Gasteiger partial charge in [0, 0.05) is 68.7 Å². The molecule has 2 amide bonds. The van der Waals surface area contributed by atoms with Gasteiger partial charge in [0.05, 0.1) is 9.79 Å². The standard InChI is InChI=1S/C30H36N2O4S.C30H34N2O4S.CH3.Pd/c2*1-30(2,3)36-29(33)32-18-16-22(17-19-32)25-14-15-28(27-11-7-6-10-26(25)27)37(34,35)31-24-13-12-21-8-4-5-9-23(21)20-24;;/h6-7,10-15,20,22,31H,4-5,8-9,16-19H2,1-3H3;6-7,10-16,20,31H,4-5,8-9,17-19H2,1-3H3;1H3;/q;;-1;. The second-order valence-corrected chi connectivity index (χ2v) is 25.4. The Balaban J connectivity index is 0.000000216. The van der Waals surface area contributed by atoms with Crippen molar-refractivity contribution in [3.63, 3.8) is 0 Å². The average Bonchev–Trinajstić information content (AvgIpc) is 3.39. The first-order valence-corrected chi connectivity index (χ1v) is 29.2. The van der Waals surface area contributed by atoms with Crippen LogP contribution in [0.1, 0.15) is 126 Å². The molecule has 0 atom stereocenters. The number of carbonyl (C=O) groups excluding carboxylic acids is 2. The molecule has 6 aromatic rings. The van der Waals surface area contributed by atoms with Gasteiger partial charge >= 0.3 is 12.2 Å². The van der Waals surface area contributed by atoms with Crippen molar-refractivity contribution in [1.82, 2.24) is 9.80 Å². The molecule has 2 N–H and O–H groups in total. The molecule has 2 aliphatic carbocycles. The summed E-state index contributed by atoms with van der Waals surface area (Å²) >= 11 is 0. The summed E-state index contributed by atoms with van der Waals surface area (Å²) in [7, 11) is -7.56. The van der Waals surface area contributed by atoms with Gasteiger partial charge in [-0.05, 0) is 204 Å². The topological polar surface area (TPSA) is 151 Å². The van der Waals surface area contributed by atoms with Gasteiger partial charge in [0.25, 0.3) is 20.0 Å². The number of sulfonamides is 2. The molecular weight excluding hydrogens is 1090 g/mol. The fourth-order valence-electron chi connectivity index (χ4n) is 10.8. The molecular formula is C61H73N4O8PdS2-. The van der Waals surface area contributed by atoms with Crippen LogP contribution in [-0.4, -0.2) is 76.2 Å². The van der Waals surface area contributed by atoms with Crippen molar-refractivity contribution in [2.24, 2.45) is 0 Å². The minimum atomic E-state index is -3.79. The SMILES string of the molecule is CC(C)(C)OC(=O)N1CC=C(c2ccc(S(=O)(=O)Nc3ccc4c(c3)CCCC4)c3ccccc23)CC1.CC(C)(C)OC(=O)N1CCC(c2ccc(S(=O)(=O)Nc3ccc4c(c3)CCCC4)c3ccccc23)CC1.[CH3-].[Pd]. The smallest absolute Gasteiger partial charge is 0.410 e. The quantitative estimate of drug-likeness (QED) is 0.113. The van der Waals surface area contributed by atoms with Gasteiger partial charge in [0.15, 0.2) is 0 Å². The van der Waals surface area contributed by atoms with E-state index in [0.29, 0.717) is 49.4 Å². The molecule has 4 aliphatic rings. The Labute approximate surface area is 464 Å². The largest absolute Gasteiger partial charge is 0.444 e. The van der Waals surface area contributed by atoms with E-state index < -0.39 is 31.2 Å². The molecule has 6 aromatic carbocycles. The van der Waals surface area contributed by atoms with Gasteiger partial charge in [-0.1, -0.05) is 78.9 Å². The maximum Gasteiger partial charge on any atom is 0.410 e. The molecule has 1 fully saturated rings. The molecule has 0 unspecified atom stereocenters. The van der Waals surface area contributed by atoms with Crippen LogP contribution in [0.25, 0.3) is 27.1 Å². The van der Waals surface area contributed by atoms with Gasteiger partial charge < -0.3 is 26.7 Å². The van der Waals surface area contributed by atoms with Gasteiger partial charge in [-0.3, -0.25) is 9.44 Å². The minimum Gasteiger partial charge on any atom is -0.444 e. The number of anilines is 2. The molecule has 10 rings (SSSR count). The molecule has 1 saturated heterocycles. The first-order valence-electron chi connectivity index (χ1n) is 26.2. The molecule has 0 saturated carbocycles. The monoisotopic (exact) mass is 1160 g/mol. The van der Waals surface area contributed by atoms with Crippen LogP contribution >= 0.6 is 0 Å².